The van der Waals surface area contributed by atoms with Crippen molar-refractivity contribution in [3.63, 3.8) is 0 Å². The standard InChI is InChI=1S/C12H18ClN3O/c1-9(2)16-8-10(13)7-11(16)12(17)15-6-4-3-5-14/h3-4,7-9H,5-6,14H2,1-2H3,(H,15,17)/b4-3+. The van der Waals surface area contributed by atoms with E-state index >= 15 is 0 Å². The Balaban J connectivity index is 2.71. The monoisotopic (exact) mass is 255 g/mol. The highest BCUT2D eigenvalue weighted by atomic mass is 35.5. The molecule has 0 aliphatic rings. The van der Waals surface area contributed by atoms with Crippen molar-refractivity contribution in [2.75, 3.05) is 13.1 Å². The summed E-state index contributed by atoms with van der Waals surface area (Å²) < 4.78 is 1.85. The topological polar surface area (TPSA) is 60.0 Å². The number of carbonyl (C=O) groups is 1. The molecule has 1 aromatic rings. The molecule has 0 spiro atoms. The summed E-state index contributed by atoms with van der Waals surface area (Å²) in [6.45, 7) is 4.95. The van der Waals surface area contributed by atoms with Crippen molar-refractivity contribution >= 4 is 17.5 Å². The summed E-state index contributed by atoms with van der Waals surface area (Å²) in [4.78, 5) is 11.9. The molecule has 0 saturated carbocycles. The van der Waals surface area contributed by atoms with Gasteiger partial charge >= 0.3 is 0 Å². The highest BCUT2D eigenvalue weighted by molar-refractivity contribution is 6.31. The maximum atomic E-state index is 11.9. The van der Waals surface area contributed by atoms with Gasteiger partial charge in [-0.15, -0.1) is 0 Å². The van der Waals surface area contributed by atoms with Crippen LogP contribution < -0.4 is 11.1 Å². The van der Waals surface area contributed by atoms with Crippen LogP contribution in [0, 0.1) is 0 Å². The lowest BCUT2D eigenvalue weighted by Crippen LogP contribution is -2.26. The molecule has 1 rings (SSSR count). The molecule has 1 amide bonds. The summed E-state index contributed by atoms with van der Waals surface area (Å²) in [6.07, 6.45) is 5.38. The molecule has 1 aromatic heterocycles. The predicted molar refractivity (Wildman–Crippen MR) is 70.4 cm³/mol. The van der Waals surface area contributed by atoms with Crippen LogP contribution in [0.15, 0.2) is 24.4 Å². The summed E-state index contributed by atoms with van der Waals surface area (Å²) >= 11 is 5.91. The average Bonchev–Trinajstić information content (AvgIpc) is 2.66. The zero-order chi connectivity index (χ0) is 12.8. The highest BCUT2D eigenvalue weighted by Gasteiger charge is 2.13. The largest absolute Gasteiger partial charge is 0.347 e. The second-order valence-electron chi connectivity index (χ2n) is 3.96. The van der Waals surface area contributed by atoms with E-state index in [1.54, 1.807) is 18.3 Å². The first-order valence-corrected chi connectivity index (χ1v) is 5.94. The van der Waals surface area contributed by atoms with Gasteiger partial charge in [0, 0.05) is 25.3 Å². The number of aromatic nitrogens is 1. The fourth-order valence-corrected chi connectivity index (χ4v) is 1.69. The Bertz CT molecular complexity index is 410. The molecule has 4 nitrogen and oxygen atoms in total. The third-order valence-corrected chi connectivity index (χ3v) is 2.49. The molecule has 0 aromatic carbocycles. The molecule has 0 aliphatic carbocycles. The maximum absolute atomic E-state index is 11.9. The molecular weight excluding hydrogens is 238 g/mol. The van der Waals surface area contributed by atoms with Gasteiger partial charge in [0.1, 0.15) is 5.69 Å². The summed E-state index contributed by atoms with van der Waals surface area (Å²) in [7, 11) is 0. The minimum absolute atomic E-state index is 0.132. The van der Waals surface area contributed by atoms with E-state index in [0.717, 1.165) is 0 Å². The molecule has 0 fully saturated rings. The van der Waals surface area contributed by atoms with E-state index in [9.17, 15) is 4.79 Å². The van der Waals surface area contributed by atoms with Crippen molar-refractivity contribution in [1.29, 1.82) is 0 Å². The van der Waals surface area contributed by atoms with E-state index in [-0.39, 0.29) is 11.9 Å². The minimum Gasteiger partial charge on any atom is -0.347 e. The molecule has 5 heteroatoms. The van der Waals surface area contributed by atoms with Gasteiger partial charge in [0.2, 0.25) is 0 Å². The number of hydrogen-bond acceptors (Lipinski definition) is 2. The van der Waals surface area contributed by atoms with Crippen LogP contribution in [0.5, 0.6) is 0 Å². The first-order chi connectivity index (χ1) is 8.06. The first kappa shape index (κ1) is 13.8. The van der Waals surface area contributed by atoms with Gasteiger partial charge in [-0.2, -0.15) is 0 Å². The Kier molecular flexibility index (Phi) is 5.25. The Hall–Kier alpha value is -1.26. The van der Waals surface area contributed by atoms with Gasteiger partial charge in [0.25, 0.3) is 5.91 Å². The number of hydrogen-bond donors (Lipinski definition) is 2. The zero-order valence-corrected chi connectivity index (χ0v) is 10.9. The molecule has 17 heavy (non-hydrogen) atoms. The summed E-state index contributed by atoms with van der Waals surface area (Å²) in [5.41, 5.74) is 5.88. The molecule has 3 N–H and O–H groups in total. The Morgan fingerprint density at radius 3 is 2.88 bits per heavy atom. The predicted octanol–water partition coefficient (Wildman–Crippen LogP) is 1.97. The van der Waals surface area contributed by atoms with E-state index in [2.05, 4.69) is 5.32 Å². The van der Waals surface area contributed by atoms with Gasteiger partial charge in [-0.1, -0.05) is 23.8 Å². The third-order valence-electron chi connectivity index (χ3n) is 2.29. The molecule has 0 radical (unpaired) electrons. The number of nitrogens with zero attached hydrogens (tertiary/aromatic N) is 1. The number of amides is 1. The van der Waals surface area contributed by atoms with E-state index in [1.165, 1.54) is 0 Å². The van der Waals surface area contributed by atoms with Crippen LogP contribution in [0.2, 0.25) is 5.02 Å². The van der Waals surface area contributed by atoms with E-state index in [1.807, 2.05) is 24.5 Å². The quantitative estimate of drug-likeness (QED) is 0.791. The second-order valence-corrected chi connectivity index (χ2v) is 4.40. The van der Waals surface area contributed by atoms with Crippen molar-refractivity contribution < 1.29 is 4.79 Å². The number of rotatable bonds is 5. The number of nitrogens with one attached hydrogen (secondary N) is 1. The van der Waals surface area contributed by atoms with Crippen LogP contribution in [0.3, 0.4) is 0 Å². The lowest BCUT2D eigenvalue weighted by atomic mass is 10.3. The Labute approximate surface area is 106 Å². The molecule has 0 atom stereocenters. The molecule has 0 saturated heterocycles. The smallest absolute Gasteiger partial charge is 0.268 e. The zero-order valence-electron chi connectivity index (χ0n) is 10.1. The van der Waals surface area contributed by atoms with Crippen LogP contribution in [0.25, 0.3) is 0 Å². The number of nitrogens with two attached hydrogens (primary N) is 1. The van der Waals surface area contributed by atoms with Crippen molar-refractivity contribution in [2.45, 2.75) is 19.9 Å². The fourth-order valence-electron chi connectivity index (χ4n) is 1.48. The number of halogens is 1. The summed E-state index contributed by atoms with van der Waals surface area (Å²) in [5.74, 6) is -0.132. The van der Waals surface area contributed by atoms with Gasteiger partial charge in [-0.3, -0.25) is 4.79 Å². The SMILES string of the molecule is CC(C)n1cc(Cl)cc1C(=O)NC/C=C/CN. The highest BCUT2D eigenvalue weighted by Crippen LogP contribution is 2.18. The second kappa shape index (κ2) is 6.47. The normalized spacial score (nSPS) is 11.4. The van der Waals surface area contributed by atoms with Gasteiger partial charge in [0.05, 0.1) is 5.02 Å². The van der Waals surface area contributed by atoms with Crippen molar-refractivity contribution in [2.24, 2.45) is 5.73 Å². The number of carbonyl (C=O) groups excluding carboxylic acids is 1. The maximum Gasteiger partial charge on any atom is 0.268 e. The first-order valence-electron chi connectivity index (χ1n) is 5.57. The lowest BCUT2D eigenvalue weighted by molar-refractivity contribution is 0.0947. The third kappa shape index (κ3) is 3.91. The lowest BCUT2D eigenvalue weighted by Gasteiger charge is -2.11. The molecule has 94 valence electrons. The van der Waals surface area contributed by atoms with Crippen LogP contribution in [0.4, 0.5) is 0 Å². The average molecular weight is 256 g/mol. The van der Waals surface area contributed by atoms with Gasteiger partial charge < -0.3 is 15.6 Å². The molecule has 1 heterocycles. The minimum atomic E-state index is -0.132. The van der Waals surface area contributed by atoms with Crippen molar-refractivity contribution in [1.82, 2.24) is 9.88 Å². The van der Waals surface area contributed by atoms with Gasteiger partial charge in [-0.25, -0.2) is 0 Å². The van der Waals surface area contributed by atoms with E-state index in [0.29, 0.717) is 23.8 Å². The van der Waals surface area contributed by atoms with Crippen LogP contribution in [-0.4, -0.2) is 23.6 Å². The van der Waals surface area contributed by atoms with Crippen LogP contribution in [-0.2, 0) is 0 Å². The van der Waals surface area contributed by atoms with Crippen LogP contribution in [0.1, 0.15) is 30.4 Å². The molecule has 0 bridgehead atoms. The summed E-state index contributed by atoms with van der Waals surface area (Å²) in [6, 6.07) is 1.87. The van der Waals surface area contributed by atoms with Crippen molar-refractivity contribution in [3.8, 4) is 0 Å². The molecule has 0 unspecified atom stereocenters. The van der Waals surface area contributed by atoms with Crippen LogP contribution >= 0.6 is 11.6 Å². The molecule has 0 aliphatic heterocycles. The fraction of sp³-hybridized carbons (Fsp3) is 0.417. The Morgan fingerprint density at radius 1 is 1.59 bits per heavy atom. The van der Waals surface area contributed by atoms with Gasteiger partial charge in [0.15, 0.2) is 0 Å². The molecular formula is C12H18ClN3O. The van der Waals surface area contributed by atoms with E-state index < -0.39 is 0 Å². The van der Waals surface area contributed by atoms with Crippen molar-refractivity contribution in [3.05, 3.63) is 35.1 Å². The Morgan fingerprint density at radius 2 is 2.29 bits per heavy atom. The summed E-state index contributed by atoms with van der Waals surface area (Å²) in [5, 5.41) is 3.35. The van der Waals surface area contributed by atoms with Gasteiger partial charge in [-0.05, 0) is 19.9 Å². The van der Waals surface area contributed by atoms with E-state index in [4.69, 9.17) is 17.3 Å².